The van der Waals surface area contributed by atoms with Crippen molar-refractivity contribution in [3.63, 3.8) is 0 Å². The molecule has 10 heteroatoms. The zero-order valence-corrected chi connectivity index (χ0v) is 23.3. The van der Waals surface area contributed by atoms with E-state index in [9.17, 15) is 4.79 Å². The third-order valence-corrected chi connectivity index (χ3v) is 6.69. The average Bonchev–Trinajstić information content (AvgIpc) is 3.29. The van der Waals surface area contributed by atoms with Crippen LogP contribution in [-0.2, 0) is 9.47 Å². The van der Waals surface area contributed by atoms with Crippen molar-refractivity contribution in [3.05, 3.63) is 45.8 Å². The van der Waals surface area contributed by atoms with Gasteiger partial charge in [0.1, 0.15) is 11.3 Å². The van der Waals surface area contributed by atoms with Crippen molar-refractivity contribution in [2.24, 2.45) is 0 Å². The normalized spacial score (nSPS) is 14.6. The molecule has 3 heterocycles. The summed E-state index contributed by atoms with van der Waals surface area (Å²) in [6.45, 7) is 8.11. The highest BCUT2D eigenvalue weighted by atomic mass is 127. The Morgan fingerprint density at radius 1 is 1.19 bits per heavy atom. The minimum Gasteiger partial charge on any atom is -0.444 e. The van der Waals surface area contributed by atoms with Crippen LogP contribution in [0.2, 0.25) is 0 Å². The van der Waals surface area contributed by atoms with Crippen LogP contribution in [0, 0.1) is 3.57 Å². The Hall–Kier alpha value is -2.73. The summed E-state index contributed by atoms with van der Waals surface area (Å²) in [5.41, 5.74) is 4.19. The average molecular weight is 604 g/mol. The summed E-state index contributed by atoms with van der Waals surface area (Å²) in [5.74, 6) is 0.758. The first-order chi connectivity index (χ1) is 17.2. The molecule has 1 aliphatic heterocycles. The first-order valence-electron chi connectivity index (χ1n) is 12.1. The van der Waals surface area contributed by atoms with Crippen LogP contribution in [0.25, 0.3) is 22.5 Å². The van der Waals surface area contributed by atoms with Crippen LogP contribution in [0.3, 0.4) is 0 Å². The number of H-pyrrole nitrogens is 1. The summed E-state index contributed by atoms with van der Waals surface area (Å²) in [7, 11) is 1.66. The predicted octanol–water partition coefficient (Wildman–Crippen LogP) is 5.31. The highest BCUT2D eigenvalue weighted by molar-refractivity contribution is 14.1. The zero-order valence-electron chi connectivity index (χ0n) is 21.2. The Balaban J connectivity index is 1.63. The van der Waals surface area contributed by atoms with Crippen LogP contribution >= 0.6 is 22.6 Å². The molecule has 192 valence electrons. The Labute approximate surface area is 225 Å². The number of nitrogens with zero attached hydrogens (tertiary/aromatic N) is 4. The topological polar surface area (TPSA) is 105 Å². The Morgan fingerprint density at radius 2 is 1.92 bits per heavy atom. The molecule has 3 aromatic rings. The van der Waals surface area contributed by atoms with Crippen molar-refractivity contribution < 1.29 is 14.3 Å². The fourth-order valence-corrected chi connectivity index (χ4v) is 4.61. The van der Waals surface area contributed by atoms with Gasteiger partial charge in [0.05, 0.1) is 12.3 Å². The number of carbonyl (C=O) groups is 1. The van der Waals surface area contributed by atoms with E-state index in [1.54, 1.807) is 18.2 Å². The van der Waals surface area contributed by atoms with E-state index >= 15 is 0 Å². The Kier molecular flexibility index (Phi) is 8.45. The number of carbonyl (C=O) groups excluding carboxylic acids is 1. The monoisotopic (exact) mass is 604 g/mol. The molecule has 2 aromatic heterocycles. The molecule has 4 rings (SSSR count). The minimum absolute atomic E-state index is 0.212. The molecule has 0 saturated carbocycles. The minimum atomic E-state index is -0.505. The highest BCUT2D eigenvalue weighted by Gasteiger charge is 2.31. The van der Waals surface area contributed by atoms with Gasteiger partial charge in [-0.05, 0) is 74.4 Å². The quantitative estimate of drug-likeness (QED) is 0.278. The number of anilines is 1. The van der Waals surface area contributed by atoms with Crippen LogP contribution in [0.4, 0.5) is 10.7 Å². The number of aromatic amines is 1. The second-order valence-electron chi connectivity index (χ2n) is 9.79. The van der Waals surface area contributed by atoms with Crippen LogP contribution < -0.4 is 5.32 Å². The molecule has 36 heavy (non-hydrogen) atoms. The van der Waals surface area contributed by atoms with Crippen molar-refractivity contribution >= 4 is 34.6 Å². The summed E-state index contributed by atoms with van der Waals surface area (Å²) < 4.78 is 11.9. The van der Waals surface area contributed by atoms with Gasteiger partial charge in [-0.2, -0.15) is 5.10 Å². The maximum absolute atomic E-state index is 12.6. The number of methoxy groups -OCH3 is 1. The zero-order chi connectivity index (χ0) is 25.7. The number of piperidine rings is 1. The van der Waals surface area contributed by atoms with Crippen molar-refractivity contribution in [2.45, 2.75) is 45.1 Å². The van der Waals surface area contributed by atoms with Crippen molar-refractivity contribution in [3.8, 4) is 22.5 Å². The highest BCUT2D eigenvalue weighted by Crippen LogP contribution is 2.39. The van der Waals surface area contributed by atoms with E-state index in [1.807, 2.05) is 26.8 Å². The lowest BCUT2D eigenvalue weighted by Crippen LogP contribution is -2.41. The van der Waals surface area contributed by atoms with Crippen molar-refractivity contribution in [1.82, 2.24) is 25.1 Å². The Morgan fingerprint density at radius 3 is 2.58 bits per heavy atom. The molecule has 1 aromatic carbocycles. The molecule has 0 atom stereocenters. The third-order valence-electron chi connectivity index (χ3n) is 5.97. The number of aromatic nitrogens is 4. The van der Waals surface area contributed by atoms with Crippen LogP contribution in [0.1, 0.15) is 45.2 Å². The number of rotatable bonds is 7. The van der Waals surface area contributed by atoms with Crippen LogP contribution in [-0.4, -0.2) is 70.1 Å². The molecule has 1 amide bonds. The maximum Gasteiger partial charge on any atom is 0.410 e. The number of hydrogen-bond acceptors (Lipinski definition) is 7. The summed E-state index contributed by atoms with van der Waals surface area (Å²) in [6.07, 6.45) is 3.12. The summed E-state index contributed by atoms with van der Waals surface area (Å²) in [4.78, 5) is 23.5. The molecule has 9 nitrogen and oxygen atoms in total. The molecule has 1 fully saturated rings. The largest absolute Gasteiger partial charge is 0.444 e. The van der Waals surface area contributed by atoms with Gasteiger partial charge < -0.3 is 19.7 Å². The molecule has 0 radical (unpaired) electrons. The summed E-state index contributed by atoms with van der Waals surface area (Å²) in [5, 5.41) is 11.3. The van der Waals surface area contributed by atoms with E-state index in [0.717, 1.165) is 44.6 Å². The molecule has 1 aliphatic rings. The van der Waals surface area contributed by atoms with Gasteiger partial charge in [-0.15, -0.1) is 0 Å². The smallest absolute Gasteiger partial charge is 0.410 e. The number of hydrogen-bond donors (Lipinski definition) is 2. The number of benzene rings is 1. The second kappa shape index (κ2) is 11.5. The van der Waals surface area contributed by atoms with Gasteiger partial charge >= 0.3 is 6.09 Å². The third kappa shape index (κ3) is 6.52. The van der Waals surface area contributed by atoms with Crippen molar-refractivity contribution in [1.29, 1.82) is 0 Å². The second-order valence-corrected chi connectivity index (χ2v) is 11.0. The number of nitrogens with one attached hydrogen (secondary N) is 2. The van der Waals surface area contributed by atoms with Gasteiger partial charge in [0.25, 0.3) is 0 Å². The van der Waals surface area contributed by atoms with E-state index < -0.39 is 5.60 Å². The lowest BCUT2D eigenvalue weighted by molar-refractivity contribution is 0.0204. The molecule has 0 bridgehead atoms. The van der Waals surface area contributed by atoms with E-state index in [-0.39, 0.29) is 12.0 Å². The molecular weight excluding hydrogens is 571 g/mol. The molecule has 1 saturated heterocycles. The number of ether oxygens (including phenoxy) is 2. The van der Waals surface area contributed by atoms with Gasteiger partial charge in [-0.1, -0.05) is 12.1 Å². The van der Waals surface area contributed by atoms with E-state index in [2.05, 4.69) is 62.3 Å². The Bertz CT molecular complexity index is 1170. The molecular formula is C26H33IN6O3. The number of amides is 1. The van der Waals surface area contributed by atoms with Crippen molar-refractivity contribution in [2.75, 3.05) is 38.7 Å². The number of likely N-dealkylation sites (tertiary alicyclic amines) is 1. The standard InChI is InChI=1S/C26H33IN6O3/c1-26(2,3)36-25(34)33-14-10-18(11-15-33)23-21(20-9-12-28-24(30-20)29-13-16-35-4)22(31-32-23)17-5-7-19(27)8-6-17/h5-9,12,18H,10-11,13-16H2,1-4H3,(H,31,32)(H,28,29,30). The first-order valence-corrected chi connectivity index (χ1v) is 13.2. The molecule has 2 N–H and O–H groups in total. The van der Waals surface area contributed by atoms with Gasteiger partial charge in [0, 0.05) is 59.2 Å². The number of halogens is 1. The fourth-order valence-electron chi connectivity index (χ4n) is 4.25. The van der Waals surface area contributed by atoms with Gasteiger partial charge in [-0.3, -0.25) is 5.10 Å². The summed E-state index contributed by atoms with van der Waals surface area (Å²) in [6, 6.07) is 10.2. The van der Waals surface area contributed by atoms with E-state index in [0.29, 0.717) is 32.2 Å². The van der Waals surface area contributed by atoms with Crippen LogP contribution in [0.15, 0.2) is 36.5 Å². The summed E-state index contributed by atoms with van der Waals surface area (Å²) >= 11 is 2.30. The lowest BCUT2D eigenvalue weighted by Gasteiger charge is -2.33. The molecule has 0 unspecified atom stereocenters. The maximum atomic E-state index is 12.6. The van der Waals surface area contributed by atoms with Gasteiger partial charge in [0.15, 0.2) is 0 Å². The lowest BCUT2D eigenvalue weighted by atomic mass is 9.89. The van der Waals surface area contributed by atoms with Crippen LogP contribution in [0.5, 0.6) is 0 Å². The SMILES string of the molecule is COCCNc1nccc(-c2c(-c3ccc(I)cc3)n[nH]c2C2CCN(C(=O)OC(C)(C)C)CC2)n1. The van der Waals surface area contributed by atoms with E-state index in [1.165, 1.54) is 0 Å². The predicted molar refractivity (Wildman–Crippen MR) is 148 cm³/mol. The first kappa shape index (κ1) is 26.3. The van der Waals surface area contributed by atoms with Gasteiger partial charge in [0.2, 0.25) is 5.95 Å². The fraction of sp³-hybridized carbons (Fsp3) is 0.462. The van der Waals surface area contributed by atoms with Gasteiger partial charge in [-0.25, -0.2) is 14.8 Å². The molecule has 0 aliphatic carbocycles. The molecule has 0 spiro atoms. The van der Waals surface area contributed by atoms with E-state index in [4.69, 9.17) is 19.6 Å².